The minimum absolute atomic E-state index is 0.00589. The average molecular weight is 373 g/mol. The fourth-order valence-corrected chi connectivity index (χ4v) is 2.13. The smallest absolute Gasteiger partial charge is 0.420 e. The van der Waals surface area contributed by atoms with Gasteiger partial charge in [0.1, 0.15) is 5.75 Å². The summed E-state index contributed by atoms with van der Waals surface area (Å²) in [5.74, 6) is -3.59. The van der Waals surface area contributed by atoms with Crippen molar-refractivity contribution in [2.24, 2.45) is 0 Å². The van der Waals surface area contributed by atoms with Crippen molar-refractivity contribution in [1.82, 2.24) is 0 Å². The highest BCUT2D eigenvalue weighted by Crippen LogP contribution is 2.38. The van der Waals surface area contributed by atoms with Gasteiger partial charge in [0, 0.05) is 25.7 Å². The number of rotatable bonds is 4. The molecule has 0 radical (unpaired) electrons. The van der Waals surface area contributed by atoms with Gasteiger partial charge in [-0.1, -0.05) is 0 Å². The molecule has 0 aromatic heterocycles. The summed E-state index contributed by atoms with van der Waals surface area (Å²) in [6.45, 7) is 5.99. The zero-order chi connectivity index (χ0) is 19.7. The lowest BCUT2D eigenvalue weighted by atomic mass is 10.1. The van der Waals surface area contributed by atoms with Gasteiger partial charge in [0.25, 0.3) is 5.79 Å². The molecule has 1 aromatic rings. The molecular weight excluding hydrogens is 355 g/mol. The molecule has 0 atom stereocenters. The minimum Gasteiger partial charge on any atom is -0.490 e. The first-order valence-electron chi connectivity index (χ1n) is 7.70. The largest absolute Gasteiger partial charge is 0.490 e. The Morgan fingerprint density at radius 2 is 1.73 bits per heavy atom. The zero-order valence-corrected chi connectivity index (χ0v) is 14.6. The summed E-state index contributed by atoms with van der Waals surface area (Å²) in [4.78, 5) is 23.6. The highest BCUT2D eigenvalue weighted by Gasteiger charge is 2.39. The Hall–Kier alpha value is -2.71. The summed E-state index contributed by atoms with van der Waals surface area (Å²) < 4.78 is 54.6. The van der Waals surface area contributed by atoms with Crippen molar-refractivity contribution in [2.45, 2.75) is 45.8 Å². The van der Waals surface area contributed by atoms with Crippen molar-refractivity contribution in [3.8, 4) is 5.75 Å². The lowest BCUT2D eigenvalue weighted by Gasteiger charge is -2.29. The van der Waals surface area contributed by atoms with Crippen LogP contribution in [0.5, 0.6) is 5.75 Å². The van der Waals surface area contributed by atoms with E-state index in [2.05, 4.69) is 5.32 Å². The van der Waals surface area contributed by atoms with E-state index in [1.54, 1.807) is 13.8 Å². The van der Waals surface area contributed by atoms with Gasteiger partial charge in [0.15, 0.2) is 5.57 Å². The fraction of sp³-hybridized carbons (Fsp3) is 0.412. The molecule has 1 saturated heterocycles. The Labute approximate surface area is 147 Å². The first-order chi connectivity index (χ1) is 11.9. The molecule has 26 heavy (non-hydrogen) atoms. The first-order valence-corrected chi connectivity index (χ1v) is 7.70. The number of ether oxygens (including phenoxy) is 3. The van der Waals surface area contributed by atoms with Gasteiger partial charge in [-0.3, -0.25) is 0 Å². The Kier molecular flexibility index (Phi) is 5.20. The number of benzene rings is 1. The monoisotopic (exact) mass is 373 g/mol. The van der Waals surface area contributed by atoms with Crippen molar-refractivity contribution in [3.63, 3.8) is 0 Å². The Balaban J connectivity index is 2.27. The summed E-state index contributed by atoms with van der Waals surface area (Å²) >= 11 is 0. The second-order valence-electron chi connectivity index (χ2n) is 6.26. The summed E-state index contributed by atoms with van der Waals surface area (Å²) in [6.07, 6.45) is -4.13. The van der Waals surface area contributed by atoms with Crippen LogP contribution in [0.3, 0.4) is 0 Å². The Morgan fingerprint density at radius 1 is 1.15 bits per heavy atom. The van der Waals surface area contributed by atoms with E-state index >= 15 is 0 Å². The summed E-state index contributed by atoms with van der Waals surface area (Å²) in [5, 5.41) is 2.48. The molecule has 2 rings (SSSR count). The lowest BCUT2D eigenvalue weighted by Crippen LogP contribution is -2.42. The van der Waals surface area contributed by atoms with Crippen LogP contribution in [0.15, 0.2) is 30.0 Å². The number of hydrogen-bond acceptors (Lipinski definition) is 6. The van der Waals surface area contributed by atoms with Crippen LogP contribution in [0.25, 0.3) is 0 Å². The molecule has 1 heterocycles. The van der Waals surface area contributed by atoms with Crippen LogP contribution in [-0.4, -0.2) is 23.8 Å². The van der Waals surface area contributed by atoms with Crippen molar-refractivity contribution in [3.05, 3.63) is 35.5 Å². The number of carbonyl (C=O) groups excluding carboxylic acids is 2. The fourth-order valence-electron chi connectivity index (χ4n) is 2.13. The molecule has 1 aromatic carbocycles. The quantitative estimate of drug-likeness (QED) is 0.494. The molecule has 0 unspecified atom stereocenters. The maximum atomic E-state index is 13.2. The second kappa shape index (κ2) is 6.89. The third kappa shape index (κ3) is 4.68. The van der Waals surface area contributed by atoms with Crippen molar-refractivity contribution in [1.29, 1.82) is 0 Å². The number of alkyl halides is 3. The maximum absolute atomic E-state index is 13.2. The number of nitrogens with one attached hydrogen (secondary N) is 1. The van der Waals surface area contributed by atoms with Crippen LogP contribution in [0.1, 0.15) is 33.3 Å². The molecule has 1 fully saturated rings. The van der Waals surface area contributed by atoms with Crippen molar-refractivity contribution in [2.75, 3.05) is 5.32 Å². The molecule has 1 aliphatic rings. The minimum atomic E-state index is -4.64. The molecule has 0 aliphatic carbocycles. The molecule has 0 amide bonds. The maximum Gasteiger partial charge on any atom is 0.420 e. The first kappa shape index (κ1) is 19.6. The van der Waals surface area contributed by atoms with E-state index in [4.69, 9.17) is 14.2 Å². The van der Waals surface area contributed by atoms with Crippen LogP contribution >= 0.6 is 0 Å². The van der Waals surface area contributed by atoms with Gasteiger partial charge in [0.05, 0.1) is 11.7 Å². The van der Waals surface area contributed by atoms with E-state index in [0.717, 1.165) is 18.3 Å². The molecule has 9 heteroatoms. The molecule has 142 valence electrons. The normalized spacial score (nSPS) is 16.8. The van der Waals surface area contributed by atoms with Crippen LogP contribution in [0.4, 0.5) is 18.9 Å². The summed E-state index contributed by atoms with van der Waals surface area (Å²) in [6, 6.07) is 3.30. The Bertz CT molecular complexity index is 731. The molecule has 6 nitrogen and oxygen atoms in total. The standard InChI is InChI=1S/C17H18F3NO5/c1-9(2)24-13-6-5-10(7-12(13)17(18,19)20)21-8-11-14(22)25-16(3,4)26-15(11)23/h5-9,21H,1-4H3. The number of hydrogen-bond donors (Lipinski definition) is 1. The van der Waals surface area contributed by atoms with E-state index in [1.165, 1.54) is 19.9 Å². The second-order valence-corrected chi connectivity index (χ2v) is 6.26. The highest BCUT2D eigenvalue weighted by atomic mass is 19.4. The van der Waals surface area contributed by atoms with Gasteiger partial charge < -0.3 is 19.5 Å². The predicted octanol–water partition coefficient (Wildman–Crippen LogP) is 3.62. The lowest BCUT2D eigenvalue weighted by molar-refractivity contribution is -0.222. The van der Waals surface area contributed by atoms with Gasteiger partial charge in [-0.15, -0.1) is 0 Å². The number of anilines is 1. The predicted molar refractivity (Wildman–Crippen MR) is 85.2 cm³/mol. The van der Waals surface area contributed by atoms with E-state index in [9.17, 15) is 22.8 Å². The van der Waals surface area contributed by atoms with Crippen LogP contribution in [0, 0.1) is 0 Å². The SMILES string of the molecule is CC(C)Oc1ccc(NC=C2C(=O)OC(C)(C)OC2=O)cc1C(F)(F)F. The molecular formula is C17H18F3NO5. The van der Waals surface area contributed by atoms with Gasteiger partial charge >= 0.3 is 18.1 Å². The van der Waals surface area contributed by atoms with Crippen molar-refractivity contribution < 1.29 is 37.0 Å². The van der Waals surface area contributed by atoms with E-state index in [-0.39, 0.29) is 11.4 Å². The average Bonchev–Trinajstić information content (AvgIpc) is 2.44. The Morgan fingerprint density at radius 3 is 2.23 bits per heavy atom. The highest BCUT2D eigenvalue weighted by molar-refractivity contribution is 6.15. The van der Waals surface area contributed by atoms with Crippen LogP contribution in [-0.2, 0) is 25.2 Å². The van der Waals surface area contributed by atoms with Crippen LogP contribution < -0.4 is 10.1 Å². The third-order valence-corrected chi connectivity index (χ3v) is 3.15. The van der Waals surface area contributed by atoms with Crippen LogP contribution in [0.2, 0.25) is 0 Å². The number of cyclic esters (lactones) is 2. The third-order valence-electron chi connectivity index (χ3n) is 3.15. The van der Waals surface area contributed by atoms with E-state index in [0.29, 0.717) is 0 Å². The molecule has 0 bridgehead atoms. The number of esters is 2. The summed E-state index contributed by atoms with van der Waals surface area (Å²) in [7, 11) is 0. The van der Waals surface area contributed by atoms with E-state index in [1.807, 2.05) is 0 Å². The molecule has 1 N–H and O–H groups in total. The van der Waals surface area contributed by atoms with Gasteiger partial charge in [-0.25, -0.2) is 9.59 Å². The topological polar surface area (TPSA) is 73.9 Å². The van der Waals surface area contributed by atoms with Crippen molar-refractivity contribution >= 4 is 17.6 Å². The van der Waals surface area contributed by atoms with Gasteiger partial charge in [0.2, 0.25) is 0 Å². The molecule has 1 aliphatic heterocycles. The summed E-state index contributed by atoms with van der Waals surface area (Å²) in [5.41, 5.74) is -1.43. The number of carbonyl (C=O) groups is 2. The van der Waals surface area contributed by atoms with E-state index < -0.39 is 41.1 Å². The van der Waals surface area contributed by atoms with Gasteiger partial charge in [-0.2, -0.15) is 13.2 Å². The number of halogens is 3. The van der Waals surface area contributed by atoms with Gasteiger partial charge in [-0.05, 0) is 32.0 Å². The molecule has 0 spiro atoms. The molecule has 0 saturated carbocycles. The zero-order valence-electron chi connectivity index (χ0n) is 14.6.